The number of methoxy groups -OCH3 is 1. The van der Waals surface area contributed by atoms with Gasteiger partial charge in [-0.15, -0.1) is 0 Å². The van der Waals surface area contributed by atoms with Gasteiger partial charge in [-0.1, -0.05) is 6.07 Å². The van der Waals surface area contributed by atoms with Crippen LogP contribution in [0.4, 0.5) is 5.69 Å². The summed E-state index contributed by atoms with van der Waals surface area (Å²) >= 11 is 3.50. The SMILES string of the molecule is COc1ccc(CNc2c(C)nn(C)c2C)cc1Br. The summed E-state index contributed by atoms with van der Waals surface area (Å²) in [5.74, 6) is 0.845. The summed E-state index contributed by atoms with van der Waals surface area (Å²) in [5.41, 5.74) is 4.46. The minimum absolute atomic E-state index is 0.760. The third-order valence-electron chi connectivity index (χ3n) is 3.19. The van der Waals surface area contributed by atoms with E-state index >= 15 is 0 Å². The second-order valence-electron chi connectivity index (χ2n) is 4.49. The van der Waals surface area contributed by atoms with Gasteiger partial charge in [-0.05, 0) is 47.5 Å². The molecule has 4 nitrogen and oxygen atoms in total. The van der Waals surface area contributed by atoms with Crippen molar-refractivity contribution in [1.82, 2.24) is 9.78 Å². The van der Waals surface area contributed by atoms with Gasteiger partial charge in [0.05, 0.1) is 28.7 Å². The molecule has 0 spiro atoms. The van der Waals surface area contributed by atoms with Crippen LogP contribution in [-0.4, -0.2) is 16.9 Å². The number of aromatic nitrogens is 2. The summed E-state index contributed by atoms with van der Waals surface area (Å²) in [4.78, 5) is 0. The molecule has 2 rings (SSSR count). The second-order valence-corrected chi connectivity index (χ2v) is 5.35. The molecule has 19 heavy (non-hydrogen) atoms. The number of benzene rings is 1. The predicted molar refractivity (Wildman–Crippen MR) is 80.7 cm³/mol. The van der Waals surface area contributed by atoms with Crippen LogP contribution in [0.2, 0.25) is 0 Å². The molecule has 0 saturated heterocycles. The van der Waals surface area contributed by atoms with Crippen LogP contribution in [0.15, 0.2) is 22.7 Å². The summed E-state index contributed by atoms with van der Waals surface area (Å²) in [6.07, 6.45) is 0. The van der Waals surface area contributed by atoms with Gasteiger partial charge in [-0.3, -0.25) is 4.68 Å². The molecule has 0 aliphatic heterocycles. The van der Waals surface area contributed by atoms with E-state index in [0.29, 0.717) is 0 Å². The Morgan fingerprint density at radius 3 is 2.63 bits per heavy atom. The molecule has 0 saturated carbocycles. The molecule has 2 aromatic rings. The zero-order valence-electron chi connectivity index (χ0n) is 11.6. The van der Waals surface area contributed by atoms with Gasteiger partial charge in [-0.25, -0.2) is 0 Å². The molecule has 1 heterocycles. The van der Waals surface area contributed by atoms with Crippen molar-refractivity contribution in [3.63, 3.8) is 0 Å². The monoisotopic (exact) mass is 323 g/mol. The molecular formula is C14H18BrN3O. The first-order valence-electron chi connectivity index (χ1n) is 6.09. The van der Waals surface area contributed by atoms with Gasteiger partial charge < -0.3 is 10.1 Å². The number of nitrogens with one attached hydrogen (secondary N) is 1. The maximum absolute atomic E-state index is 5.22. The molecule has 102 valence electrons. The summed E-state index contributed by atoms with van der Waals surface area (Å²) in [7, 11) is 3.62. The van der Waals surface area contributed by atoms with E-state index in [-0.39, 0.29) is 0 Å². The lowest BCUT2D eigenvalue weighted by atomic mass is 10.2. The van der Waals surface area contributed by atoms with Gasteiger partial charge >= 0.3 is 0 Å². The Morgan fingerprint density at radius 1 is 1.37 bits per heavy atom. The third kappa shape index (κ3) is 2.92. The highest BCUT2D eigenvalue weighted by Crippen LogP contribution is 2.26. The maximum Gasteiger partial charge on any atom is 0.133 e. The van der Waals surface area contributed by atoms with Crippen LogP contribution >= 0.6 is 15.9 Å². The zero-order valence-corrected chi connectivity index (χ0v) is 13.2. The van der Waals surface area contributed by atoms with E-state index in [1.807, 2.05) is 24.7 Å². The highest BCUT2D eigenvalue weighted by molar-refractivity contribution is 9.10. The number of hydrogen-bond acceptors (Lipinski definition) is 3. The van der Waals surface area contributed by atoms with E-state index in [0.717, 1.165) is 33.8 Å². The summed E-state index contributed by atoms with van der Waals surface area (Å²) in [6, 6.07) is 6.08. The number of ether oxygens (including phenoxy) is 1. The van der Waals surface area contributed by atoms with Crippen LogP contribution in [-0.2, 0) is 13.6 Å². The average molecular weight is 324 g/mol. The van der Waals surface area contributed by atoms with Gasteiger partial charge in [-0.2, -0.15) is 5.10 Å². The quantitative estimate of drug-likeness (QED) is 0.937. The lowest BCUT2D eigenvalue weighted by molar-refractivity contribution is 0.412. The largest absolute Gasteiger partial charge is 0.496 e. The number of hydrogen-bond donors (Lipinski definition) is 1. The van der Waals surface area contributed by atoms with Crippen LogP contribution in [0.3, 0.4) is 0 Å². The highest BCUT2D eigenvalue weighted by atomic mass is 79.9. The van der Waals surface area contributed by atoms with Crippen LogP contribution in [0, 0.1) is 13.8 Å². The van der Waals surface area contributed by atoms with E-state index in [9.17, 15) is 0 Å². The Morgan fingerprint density at radius 2 is 2.11 bits per heavy atom. The minimum Gasteiger partial charge on any atom is -0.496 e. The fourth-order valence-corrected chi connectivity index (χ4v) is 2.63. The number of halogens is 1. The van der Waals surface area contributed by atoms with Gasteiger partial charge in [0.2, 0.25) is 0 Å². The summed E-state index contributed by atoms with van der Waals surface area (Å²) in [6.45, 7) is 4.83. The standard InChI is InChI=1S/C14H18BrN3O/c1-9-14(10(2)18(3)17-9)16-8-11-5-6-13(19-4)12(15)7-11/h5-7,16H,8H2,1-4H3. The first-order valence-corrected chi connectivity index (χ1v) is 6.88. The molecule has 0 amide bonds. The van der Waals surface area contributed by atoms with Gasteiger partial charge in [0, 0.05) is 13.6 Å². The van der Waals surface area contributed by atoms with Crippen molar-refractivity contribution in [2.24, 2.45) is 7.05 Å². The number of rotatable bonds is 4. The van der Waals surface area contributed by atoms with Crippen LogP contribution in [0.25, 0.3) is 0 Å². The van der Waals surface area contributed by atoms with Crippen molar-refractivity contribution < 1.29 is 4.74 Å². The van der Waals surface area contributed by atoms with E-state index < -0.39 is 0 Å². The normalized spacial score (nSPS) is 10.6. The van der Waals surface area contributed by atoms with Crippen LogP contribution < -0.4 is 10.1 Å². The van der Waals surface area contributed by atoms with Gasteiger partial charge in [0.1, 0.15) is 5.75 Å². The van der Waals surface area contributed by atoms with Crippen molar-refractivity contribution in [3.8, 4) is 5.75 Å². The average Bonchev–Trinajstić information content (AvgIpc) is 2.61. The van der Waals surface area contributed by atoms with Crippen LogP contribution in [0.5, 0.6) is 5.75 Å². The molecule has 1 aromatic carbocycles. The van der Waals surface area contributed by atoms with E-state index in [4.69, 9.17) is 4.74 Å². The predicted octanol–water partition coefficient (Wildman–Crippen LogP) is 3.42. The Bertz CT molecular complexity index is 593. The van der Waals surface area contributed by atoms with E-state index in [1.54, 1.807) is 7.11 Å². The molecule has 1 N–H and O–H groups in total. The smallest absolute Gasteiger partial charge is 0.133 e. The van der Waals surface area contributed by atoms with Crippen molar-refractivity contribution in [1.29, 1.82) is 0 Å². The minimum atomic E-state index is 0.760. The summed E-state index contributed by atoms with van der Waals surface area (Å²) < 4.78 is 8.08. The van der Waals surface area contributed by atoms with Crippen molar-refractivity contribution in [2.75, 3.05) is 12.4 Å². The molecule has 0 aliphatic rings. The first-order chi connectivity index (χ1) is 9.02. The van der Waals surface area contributed by atoms with Crippen LogP contribution in [0.1, 0.15) is 17.0 Å². The molecule has 0 fully saturated rings. The zero-order chi connectivity index (χ0) is 14.0. The second kappa shape index (κ2) is 5.65. The molecule has 0 unspecified atom stereocenters. The number of anilines is 1. The Labute approximate surface area is 121 Å². The molecule has 5 heteroatoms. The summed E-state index contributed by atoms with van der Waals surface area (Å²) in [5, 5.41) is 7.83. The highest BCUT2D eigenvalue weighted by Gasteiger charge is 2.09. The lowest BCUT2D eigenvalue weighted by Crippen LogP contribution is -2.02. The molecule has 0 bridgehead atoms. The molecule has 0 aliphatic carbocycles. The van der Waals surface area contributed by atoms with Gasteiger partial charge in [0.25, 0.3) is 0 Å². The first kappa shape index (κ1) is 13.9. The topological polar surface area (TPSA) is 39.1 Å². The number of nitrogens with zero attached hydrogens (tertiary/aromatic N) is 2. The fourth-order valence-electron chi connectivity index (χ4n) is 2.04. The Hall–Kier alpha value is -1.49. The fraction of sp³-hybridized carbons (Fsp3) is 0.357. The third-order valence-corrected chi connectivity index (χ3v) is 3.81. The Kier molecular flexibility index (Phi) is 4.14. The lowest BCUT2D eigenvalue weighted by Gasteiger charge is -2.09. The molecule has 0 radical (unpaired) electrons. The van der Waals surface area contributed by atoms with Crippen molar-refractivity contribution in [3.05, 3.63) is 39.6 Å². The number of aryl methyl sites for hydroxylation is 2. The molecule has 0 atom stereocenters. The van der Waals surface area contributed by atoms with Crippen molar-refractivity contribution >= 4 is 21.6 Å². The maximum atomic E-state index is 5.22. The van der Waals surface area contributed by atoms with E-state index in [1.165, 1.54) is 5.56 Å². The Balaban J connectivity index is 2.12. The molecular weight excluding hydrogens is 306 g/mol. The molecule has 1 aromatic heterocycles. The van der Waals surface area contributed by atoms with Crippen molar-refractivity contribution in [2.45, 2.75) is 20.4 Å². The van der Waals surface area contributed by atoms with Gasteiger partial charge in [0.15, 0.2) is 0 Å². The van der Waals surface area contributed by atoms with E-state index in [2.05, 4.69) is 45.4 Å².